The van der Waals surface area contributed by atoms with Gasteiger partial charge in [-0.25, -0.2) is 4.98 Å². The molecule has 1 atom stereocenters. The Morgan fingerprint density at radius 2 is 1.88 bits per heavy atom. The van der Waals surface area contributed by atoms with E-state index in [0.29, 0.717) is 17.9 Å². The van der Waals surface area contributed by atoms with Crippen LogP contribution in [0.3, 0.4) is 0 Å². The van der Waals surface area contributed by atoms with Gasteiger partial charge in [0.1, 0.15) is 12.4 Å². The van der Waals surface area contributed by atoms with Crippen molar-refractivity contribution in [1.29, 1.82) is 0 Å². The Kier molecular flexibility index (Phi) is 5.26. The highest BCUT2D eigenvalue weighted by Gasteiger charge is 2.24. The zero-order valence-electron chi connectivity index (χ0n) is 18.1. The molecule has 0 aliphatic carbocycles. The minimum atomic E-state index is -0.368. The lowest BCUT2D eigenvalue weighted by atomic mass is 10.2. The number of imidazole rings is 1. The SMILES string of the molecule is C[C@@H](NC(=O)c1ccc(=O)n(CC(=O)N2CCc3ccccc32)c1)c1nc2ccccc2[nH]1. The van der Waals surface area contributed by atoms with Gasteiger partial charge in [-0.15, -0.1) is 0 Å². The van der Waals surface area contributed by atoms with Crippen molar-refractivity contribution in [3.8, 4) is 0 Å². The van der Waals surface area contributed by atoms with Gasteiger partial charge >= 0.3 is 0 Å². The fourth-order valence-electron chi connectivity index (χ4n) is 4.14. The van der Waals surface area contributed by atoms with Gasteiger partial charge in [0.25, 0.3) is 11.5 Å². The number of benzene rings is 2. The molecule has 0 spiro atoms. The molecule has 2 amide bonds. The van der Waals surface area contributed by atoms with Gasteiger partial charge in [0.05, 0.1) is 22.6 Å². The summed E-state index contributed by atoms with van der Waals surface area (Å²) in [6, 6.07) is 17.8. The Hall–Kier alpha value is -4.20. The Balaban J connectivity index is 1.31. The minimum absolute atomic E-state index is 0.132. The second kappa shape index (κ2) is 8.38. The van der Waals surface area contributed by atoms with Crippen molar-refractivity contribution >= 4 is 28.5 Å². The van der Waals surface area contributed by atoms with E-state index >= 15 is 0 Å². The second-order valence-corrected chi connectivity index (χ2v) is 8.14. The van der Waals surface area contributed by atoms with Gasteiger partial charge in [0.2, 0.25) is 5.91 Å². The van der Waals surface area contributed by atoms with Crippen molar-refractivity contribution in [3.05, 3.63) is 94.2 Å². The van der Waals surface area contributed by atoms with E-state index in [4.69, 9.17) is 0 Å². The van der Waals surface area contributed by atoms with Gasteiger partial charge in [-0.3, -0.25) is 14.4 Å². The van der Waals surface area contributed by atoms with Crippen LogP contribution >= 0.6 is 0 Å². The van der Waals surface area contributed by atoms with Crippen LogP contribution in [-0.4, -0.2) is 32.9 Å². The summed E-state index contributed by atoms with van der Waals surface area (Å²) in [5.74, 6) is 0.103. The number of hydrogen-bond acceptors (Lipinski definition) is 4. The third-order valence-electron chi connectivity index (χ3n) is 5.90. The van der Waals surface area contributed by atoms with Crippen LogP contribution in [-0.2, 0) is 17.8 Å². The van der Waals surface area contributed by atoms with E-state index < -0.39 is 0 Å². The number of aromatic amines is 1. The Labute approximate surface area is 189 Å². The molecule has 5 rings (SSSR count). The van der Waals surface area contributed by atoms with E-state index in [-0.39, 0.29) is 30.0 Å². The molecule has 2 aromatic heterocycles. The van der Waals surface area contributed by atoms with Gasteiger partial charge in [-0.05, 0) is 43.2 Å². The van der Waals surface area contributed by atoms with E-state index in [1.165, 1.54) is 22.9 Å². The fourth-order valence-corrected chi connectivity index (χ4v) is 4.14. The summed E-state index contributed by atoms with van der Waals surface area (Å²) in [7, 11) is 0. The number of aromatic nitrogens is 3. The van der Waals surface area contributed by atoms with E-state index in [0.717, 1.165) is 28.7 Å². The Bertz CT molecular complexity index is 1390. The molecule has 1 aliphatic rings. The number of para-hydroxylation sites is 3. The Morgan fingerprint density at radius 3 is 2.73 bits per heavy atom. The first-order chi connectivity index (χ1) is 16.0. The summed E-state index contributed by atoms with van der Waals surface area (Å²) in [5, 5.41) is 2.90. The largest absolute Gasteiger partial charge is 0.342 e. The number of fused-ring (bicyclic) bond motifs is 2. The zero-order valence-corrected chi connectivity index (χ0v) is 18.1. The first kappa shape index (κ1) is 20.7. The predicted molar refractivity (Wildman–Crippen MR) is 125 cm³/mol. The van der Waals surface area contributed by atoms with Crippen molar-refractivity contribution in [3.63, 3.8) is 0 Å². The summed E-state index contributed by atoms with van der Waals surface area (Å²) in [6.07, 6.45) is 2.22. The molecule has 3 heterocycles. The lowest BCUT2D eigenvalue weighted by Gasteiger charge is -2.18. The summed E-state index contributed by atoms with van der Waals surface area (Å²) >= 11 is 0. The molecule has 8 heteroatoms. The summed E-state index contributed by atoms with van der Waals surface area (Å²) in [5.41, 5.74) is 3.67. The van der Waals surface area contributed by atoms with Crippen molar-refractivity contribution in [2.75, 3.05) is 11.4 Å². The maximum atomic E-state index is 12.9. The summed E-state index contributed by atoms with van der Waals surface area (Å²) < 4.78 is 1.28. The van der Waals surface area contributed by atoms with Gasteiger partial charge in [0.15, 0.2) is 0 Å². The maximum absolute atomic E-state index is 12.9. The first-order valence-electron chi connectivity index (χ1n) is 10.8. The molecule has 0 saturated carbocycles. The van der Waals surface area contributed by atoms with Crippen LogP contribution < -0.4 is 15.8 Å². The van der Waals surface area contributed by atoms with E-state index in [9.17, 15) is 14.4 Å². The van der Waals surface area contributed by atoms with Crippen LogP contribution in [0.25, 0.3) is 11.0 Å². The molecular weight excluding hydrogens is 418 g/mol. The zero-order chi connectivity index (χ0) is 22.9. The normalized spacial score (nSPS) is 13.7. The van der Waals surface area contributed by atoms with Gasteiger partial charge in [-0.1, -0.05) is 30.3 Å². The molecule has 1 aliphatic heterocycles. The second-order valence-electron chi connectivity index (χ2n) is 8.14. The highest BCUT2D eigenvalue weighted by Crippen LogP contribution is 2.27. The molecule has 2 N–H and O–H groups in total. The lowest BCUT2D eigenvalue weighted by molar-refractivity contribution is -0.119. The summed E-state index contributed by atoms with van der Waals surface area (Å²) in [4.78, 5) is 47.6. The number of H-pyrrole nitrogens is 1. The number of amides is 2. The Morgan fingerprint density at radius 1 is 1.09 bits per heavy atom. The standard InChI is InChI=1S/C25H23N5O3/c1-16(24-27-19-7-3-4-8-20(19)28-24)26-25(33)18-10-11-22(31)29(14-18)15-23(32)30-13-12-17-6-2-5-9-21(17)30/h2-11,14,16H,12-13,15H2,1H3,(H,26,33)(H,27,28)/t16-/m1/s1. The highest BCUT2D eigenvalue weighted by molar-refractivity contribution is 5.96. The third-order valence-corrected chi connectivity index (χ3v) is 5.90. The maximum Gasteiger partial charge on any atom is 0.253 e. The molecule has 0 fully saturated rings. The molecule has 0 bridgehead atoms. The number of nitrogens with zero attached hydrogens (tertiary/aromatic N) is 3. The van der Waals surface area contributed by atoms with E-state index in [1.807, 2.05) is 55.5 Å². The molecule has 166 valence electrons. The van der Waals surface area contributed by atoms with Gasteiger partial charge in [0, 0.05) is 24.5 Å². The number of nitrogens with one attached hydrogen (secondary N) is 2. The number of pyridine rings is 1. The quantitative estimate of drug-likeness (QED) is 0.497. The van der Waals surface area contributed by atoms with Crippen LogP contribution in [0.1, 0.15) is 34.7 Å². The van der Waals surface area contributed by atoms with Crippen LogP contribution in [0.5, 0.6) is 0 Å². The van der Waals surface area contributed by atoms with Crippen molar-refractivity contribution in [1.82, 2.24) is 19.9 Å². The van der Waals surface area contributed by atoms with E-state index in [2.05, 4.69) is 15.3 Å². The number of carbonyl (C=O) groups excluding carboxylic acids is 2. The van der Waals surface area contributed by atoms with Crippen LogP contribution in [0.2, 0.25) is 0 Å². The van der Waals surface area contributed by atoms with Gasteiger partial charge < -0.3 is 19.8 Å². The van der Waals surface area contributed by atoms with Crippen LogP contribution in [0.15, 0.2) is 71.7 Å². The smallest absolute Gasteiger partial charge is 0.253 e. The molecular formula is C25H23N5O3. The molecule has 33 heavy (non-hydrogen) atoms. The monoisotopic (exact) mass is 441 g/mol. The summed E-state index contributed by atoms with van der Waals surface area (Å²) in [6.45, 7) is 2.29. The molecule has 0 radical (unpaired) electrons. The molecule has 0 unspecified atom stereocenters. The highest BCUT2D eigenvalue weighted by atomic mass is 16.2. The van der Waals surface area contributed by atoms with Gasteiger partial charge in [-0.2, -0.15) is 0 Å². The minimum Gasteiger partial charge on any atom is -0.342 e. The number of rotatable bonds is 5. The first-order valence-corrected chi connectivity index (χ1v) is 10.8. The average Bonchev–Trinajstić information content (AvgIpc) is 3.45. The fraction of sp³-hybridized carbons (Fsp3) is 0.200. The average molecular weight is 441 g/mol. The van der Waals surface area contributed by atoms with Crippen molar-refractivity contribution < 1.29 is 9.59 Å². The van der Waals surface area contributed by atoms with Crippen LogP contribution in [0, 0.1) is 0 Å². The van der Waals surface area contributed by atoms with Crippen LogP contribution in [0.4, 0.5) is 5.69 Å². The molecule has 0 saturated heterocycles. The van der Waals surface area contributed by atoms with Crippen molar-refractivity contribution in [2.24, 2.45) is 0 Å². The molecule has 4 aromatic rings. The topological polar surface area (TPSA) is 100 Å². The number of hydrogen-bond donors (Lipinski definition) is 2. The number of anilines is 1. The predicted octanol–water partition coefficient (Wildman–Crippen LogP) is 2.80. The number of carbonyl (C=O) groups is 2. The molecule has 2 aromatic carbocycles. The molecule has 8 nitrogen and oxygen atoms in total. The van der Waals surface area contributed by atoms with Crippen molar-refractivity contribution in [2.45, 2.75) is 25.9 Å². The third kappa shape index (κ3) is 4.03. The lowest BCUT2D eigenvalue weighted by Crippen LogP contribution is -2.36. The van der Waals surface area contributed by atoms with E-state index in [1.54, 1.807) is 4.90 Å².